The van der Waals surface area contributed by atoms with Gasteiger partial charge in [0, 0.05) is 25.0 Å². The summed E-state index contributed by atoms with van der Waals surface area (Å²) in [5, 5.41) is 0. The van der Waals surface area contributed by atoms with Gasteiger partial charge in [-0.05, 0) is 38.8 Å². The lowest BCUT2D eigenvalue weighted by atomic mass is 9.84. The summed E-state index contributed by atoms with van der Waals surface area (Å²) in [4.78, 5) is 16.7. The number of carbonyl (C=O) groups is 1. The first-order chi connectivity index (χ1) is 10.3. The number of morpholine rings is 1. The van der Waals surface area contributed by atoms with Crippen LogP contribution in [0, 0.1) is 5.92 Å². The maximum Gasteiger partial charge on any atom is 0.320 e. The Labute approximate surface area is 127 Å². The van der Waals surface area contributed by atoms with Gasteiger partial charge in [-0.25, -0.2) is 0 Å². The molecule has 0 bridgehead atoms. The second-order valence-electron chi connectivity index (χ2n) is 6.57. The number of nitrogens with zero attached hydrogens (tertiary/aromatic N) is 2. The molecule has 3 aliphatic heterocycles. The van der Waals surface area contributed by atoms with Crippen LogP contribution in [-0.2, 0) is 14.3 Å². The molecule has 3 fully saturated rings. The van der Waals surface area contributed by atoms with E-state index in [0.29, 0.717) is 25.1 Å². The zero-order valence-electron chi connectivity index (χ0n) is 13.0. The average molecular weight is 296 g/mol. The van der Waals surface area contributed by atoms with Crippen LogP contribution < -0.4 is 0 Å². The molecule has 0 aromatic rings. The van der Waals surface area contributed by atoms with Crippen LogP contribution in [0.2, 0.25) is 0 Å². The van der Waals surface area contributed by atoms with Crippen molar-refractivity contribution in [1.29, 1.82) is 0 Å². The van der Waals surface area contributed by atoms with Gasteiger partial charge in [0.05, 0.1) is 26.4 Å². The molecule has 0 aliphatic carbocycles. The normalized spacial score (nSPS) is 31.6. The molecule has 5 nitrogen and oxygen atoms in total. The molecule has 120 valence electrons. The number of ether oxygens (including phenoxy) is 2. The maximum absolute atomic E-state index is 12.0. The number of esters is 1. The number of carbonyl (C=O) groups excluding carboxylic acids is 1. The molecule has 0 unspecified atom stereocenters. The Bertz CT molecular complexity index is 342. The van der Waals surface area contributed by atoms with Crippen molar-refractivity contribution in [2.75, 3.05) is 52.5 Å². The molecule has 0 radical (unpaired) electrons. The van der Waals surface area contributed by atoms with Gasteiger partial charge in [0.15, 0.2) is 0 Å². The highest BCUT2D eigenvalue weighted by Gasteiger charge is 2.33. The number of fused-ring (bicyclic) bond motifs is 1. The first kappa shape index (κ1) is 15.3. The van der Waals surface area contributed by atoms with Crippen LogP contribution in [-0.4, -0.2) is 74.4 Å². The Morgan fingerprint density at radius 2 is 1.86 bits per heavy atom. The Kier molecular flexibility index (Phi) is 5.49. The fourth-order valence-electron chi connectivity index (χ4n) is 3.96. The van der Waals surface area contributed by atoms with Crippen LogP contribution >= 0.6 is 0 Å². The molecule has 0 spiro atoms. The Balaban J connectivity index is 1.42. The molecule has 0 amide bonds. The first-order valence-electron chi connectivity index (χ1n) is 8.53. The van der Waals surface area contributed by atoms with Crippen molar-refractivity contribution >= 4 is 5.97 Å². The lowest BCUT2D eigenvalue weighted by molar-refractivity contribution is -0.148. The van der Waals surface area contributed by atoms with Gasteiger partial charge < -0.3 is 9.47 Å². The topological polar surface area (TPSA) is 42.0 Å². The van der Waals surface area contributed by atoms with E-state index in [4.69, 9.17) is 9.47 Å². The summed E-state index contributed by atoms with van der Waals surface area (Å²) in [5.74, 6) is 0.484. The van der Waals surface area contributed by atoms with Crippen LogP contribution in [0.5, 0.6) is 0 Å². The second kappa shape index (κ2) is 7.56. The molecule has 0 aromatic carbocycles. The Hall–Kier alpha value is -0.650. The van der Waals surface area contributed by atoms with Crippen molar-refractivity contribution in [3.05, 3.63) is 0 Å². The largest absolute Gasteiger partial charge is 0.464 e. The second-order valence-corrected chi connectivity index (χ2v) is 6.57. The van der Waals surface area contributed by atoms with Gasteiger partial charge in [0.1, 0.15) is 0 Å². The smallest absolute Gasteiger partial charge is 0.320 e. The summed E-state index contributed by atoms with van der Waals surface area (Å²) in [6.45, 7) is 6.66. The predicted molar refractivity (Wildman–Crippen MR) is 80.2 cm³/mol. The number of piperidine rings is 2. The van der Waals surface area contributed by atoms with Gasteiger partial charge >= 0.3 is 5.97 Å². The summed E-state index contributed by atoms with van der Waals surface area (Å²) in [6, 6.07) is 0.656. The molecule has 2 atom stereocenters. The van der Waals surface area contributed by atoms with E-state index in [-0.39, 0.29) is 5.97 Å². The lowest BCUT2D eigenvalue weighted by Gasteiger charge is -2.44. The molecule has 0 aromatic heterocycles. The fraction of sp³-hybridized carbons (Fsp3) is 0.938. The van der Waals surface area contributed by atoms with Crippen molar-refractivity contribution in [2.24, 2.45) is 5.92 Å². The average Bonchev–Trinajstić information content (AvgIpc) is 2.54. The number of rotatable bonds is 4. The van der Waals surface area contributed by atoms with Gasteiger partial charge in [-0.1, -0.05) is 6.42 Å². The van der Waals surface area contributed by atoms with Gasteiger partial charge in [-0.2, -0.15) is 0 Å². The third-order valence-electron chi connectivity index (χ3n) is 5.14. The maximum atomic E-state index is 12.0. The standard InChI is InChI=1S/C16H28N2O3/c19-16(12-17-8-10-20-11-9-17)21-13-14-4-3-7-18-6-2-1-5-15(14)18/h14-15H,1-13H2/t14-,15+/m0/s1. The summed E-state index contributed by atoms with van der Waals surface area (Å²) in [6.07, 6.45) is 6.42. The predicted octanol–water partition coefficient (Wildman–Crippen LogP) is 1.13. The van der Waals surface area contributed by atoms with E-state index in [2.05, 4.69) is 9.80 Å². The van der Waals surface area contributed by atoms with Gasteiger partial charge in [-0.15, -0.1) is 0 Å². The Morgan fingerprint density at radius 3 is 2.71 bits per heavy atom. The minimum atomic E-state index is -0.0650. The first-order valence-corrected chi connectivity index (χ1v) is 8.53. The van der Waals surface area contributed by atoms with Gasteiger partial charge in [0.25, 0.3) is 0 Å². The zero-order chi connectivity index (χ0) is 14.5. The van der Waals surface area contributed by atoms with Crippen molar-refractivity contribution in [3.63, 3.8) is 0 Å². The third kappa shape index (κ3) is 4.18. The molecule has 3 aliphatic rings. The molecule has 3 saturated heterocycles. The number of hydrogen-bond donors (Lipinski definition) is 0. The van der Waals surface area contributed by atoms with E-state index in [0.717, 1.165) is 26.3 Å². The van der Waals surface area contributed by atoms with Crippen molar-refractivity contribution in [1.82, 2.24) is 9.80 Å². The highest BCUT2D eigenvalue weighted by atomic mass is 16.5. The third-order valence-corrected chi connectivity index (χ3v) is 5.14. The van der Waals surface area contributed by atoms with E-state index in [9.17, 15) is 4.79 Å². The molecular formula is C16H28N2O3. The molecular weight excluding hydrogens is 268 g/mol. The van der Waals surface area contributed by atoms with E-state index < -0.39 is 0 Å². The van der Waals surface area contributed by atoms with Crippen molar-refractivity contribution in [3.8, 4) is 0 Å². The Morgan fingerprint density at radius 1 is 1.05 bits per heavy atom. The van der Waals surface area contributed by atoms with E-state index in [1.807, 2.05) is 0 Å². The van der Waals surface area contributed by atoms with E-state index >= 15 is 0 Å². The number of hydrogen-bond acceptors (Lipinski definition) is 5. The molecule has 3 rings (SSSR count). The quantitative estimate of drug-likeness (QED) is 0.728. The molecule has 5 heteroatoms. The molecule has 0 saturated carbocycles. The summed E-state index contributed by atoms with van der Waals surface area (Å²) < 4.78 is 10.9. The summed E-state index contributed by atoms with van der Waals surface area (Å²) in [5.41, 5.74) is 0. The van der Waals surface area contributed by atoms with Crippen molar-refractivity contribution in [2.45, 2.75) is 38.1 Å². The lowest BCUT2D eigenvalue weighted by Crippen LogP contribution is -2.49. The molecule has 3 heterocycles. The summed E-state index contributed by atoms with van der Waals surface area (Å²) >= 11 is 0. The highest BCUT2D eigenvalue weighted by molar-refractivity contribution is 5.71. The van der Waals surface area contributed by atoms with Crippen LogP contribution in [0.25, 0.3) is 0 Å². The van der Waals surface area contributed by atoms with Crippen LogP contribution in [0.1, 0.15) is 32.1 Å². The van der Waals surface area contributed by atoms with Crippen LogP contribution in [0.3, 0.4) is 0 Å². The van der Waals surface area contributed by atoms with Gasteiger partial charge in [-0.3, -0.25) is 14.6 Å². The van der Waals surface area contributed by atoms with Crippen LogP contribution in [0.15, 0.2) is 0 Å². The van der Waals surface area contributed by atoms with Gasteiger partial charge in [0.2, 0.25) is 0 Å². The minimum Gasteiger partial charge on any atom is -0.464 e. The highest BCUT2D eigenvalue weighted by Crippen LogP contribution is 2.30. The van der Waals surface area contributed by atoms with Crippen LogP contribution in [0.4, 0.5) is 0 Å². The summed E-state index contributed by atoms with van der Waals surface area (Å²) in [7, 11) is 0. The monoisotopic (exact) mass is 296 g/mol. The molecule has 0 N–H and O–H groups in total. The zero-order valence-corrected chi connectivity index (χ0v) is 13.0. The SMILES string of the molecule is O=C(CN1CCOCC1)OC[C@@H]1CCCN2CCCC[C@H]12. The van der Waals surface area contributed by atoms with E-state index in [1.165, 1.54) is 45.2 Å². The molecule has 21 heavy (non-hydrogen) atoms. The van der Waals surface area contributed by atoms with Crippen molar-refractivity contribution < 1.29 is 14.3 Å². The fourth-order valence-corrected chi connectivity index (χ4v) is 3.96. The van der Waals surface area contributed by atoms with E-state index in [1.54, 1.807) is 0 Å². The minimum absolute atomic E-state index is 0.0650.